The molecule has 0 bridgehead atoms. The van der Waals surface area contributed by atoms with Gasteiger partial charge in [-0.15, -0.1) is 0 Å². The lowest BCUT2D eigenvalue weighted by atomic mass is 9.55. The normalized spacial score (nSPS) is 34.2. The summed E-state index contributed by atoms with van der Waals surface area (Å²) in [5, 5.41) is 0. The molecule has 1 aromatic carbocycles. The van der Waals surface area contributed by atoms with E-state index in [0.29, 0.717) is 29.1 Å². The Hall–Kier alpha value is -1.84. The molecule has 27 heavy (non-hydrogen) atoms. The third kappa shape index (κ3) is 2.88. The quantitative estimate of drug-likeness (QED) is 0.572. The molecule has 0 amide bonds. The van der Waals surface area contributed by atoms with Crippen LogP contribution >= 0.6 is 0 Å². The fraction of sp³-hybridized carbons (Fsp3) is 0.652. The number of esters is 1. The van der Waals surface area contributed by atoms with Crippen LogP contribution in [0.5, 0.6) is 5.75 Å². The van der Waals surface area contributed by atoms with Crippen LogP contribution in [0.25, 0.3) is 0 Å². The van der Waals surface area contributed by atoms with Crippen LogP contribution in [0.2, 0.25) is 0 Å². The zero-order valence-corrected chi connectivity index (χ0v) is 16.8. The minimum Gasteiger partial charge on any atom is -0.496 e. The summed E-state index contributed by atoms with van der Waals surface area (Å²) in [4.78, 5) is 23.7. The third-order valence-electron chi connectivity index (χ3n) is 7.65. The molecule has 4 nitrogen and oxygen atoms in total. The summed E-state index contributed by atoms with van der Waals surface area (Å²) >= 11 is 0. The van der Waals surface area contributed by atoms with E-state index in [4.69, 9.17) is 9.47 Å². The van der Waals surface area contributed by atoms with Crippen molar-refractivity contribution in [1.29, 1.82) is 0 Å². The Balaban J connectivity index is 1.67. The first-order chi connectivity index (χ1) is 12.8. The lowest BCUT2D eigenvalue weighted by Gasteiger charge is -2.50. The molecule has 0 heterocycles. The van der Waals surface area contributed by atoms with Gasteiger partial charge in [-0.25, -0.2) is 0 Å². The Morgan fingerprint density at radius 3 is 2.56 bits per heavy atom. The molecule has 0 spiro atoms. The molecule has 0 N–H and O–H groups in total. The van der Waals surface area contributed by atoms with Crippen molar-refractivity contribution in [3.8, 4) is 5.75 Å². The summed E-state index contributed by atoms with van der Waals surface area (Å²) < 4.78 is 11.2. The summed E-state index contributed by atoms with van der Waals surface area (Å²) in [5.41, 5.74) is 3.50. The van der Waals surface area contributed by atoms with E-state index in [1.165, 1.54) is 24.5 Å². The van der Waals surface area contributed by atoms with Crippen molar-refractivity contribution in [1.82, 2.24) is 0 Å². The first-order valence-electron chi connectivity index (χ1n) is 10.2. The van der Waals surface area contributed by atoms with Crippen LogP contribution in [0.1, 0.15) is 80.3 Å². The first-order valence-corrected chi connectivity index (χ1v) is 10.2. The van der Waals surface area contributed by atoms with Crippen LogP contribution in [0.4, 0.5) is 0 Å². The molecular weight excluding hydrogens is 340 g/mol. The van der Waals surface area contributed by atoms with Gasteiger partial charge in [0.25, 0.3) is 0 Å². The van der Waals surface area contributed by atoms with Gasteiger partial charge in [0.05, 0.1) is 12.7 Å². The Kier molecular flexibility index (Phi) is 4.56. The van der Waals surface area contributed by atoms with Crippen molar-refractivity contribution in [3.05, 3.63) is 28.8 Å². The molecule has 4 rings (SSSR count). The van der Waals surface area contributed by atoms with Gasteiger partial charge in [-0.05, 0) is 86.5 Å². The number of fused-ring (bicyclic) bond motifs is 5. The Bertz CT molecular complexity index is 783. The number of ketones is 1. The number of benzene rings is 1. The lowest BCUT2D eigenvalue weighted by Crippen LogP contribution is -2.45. The highest BCUT2D eigenvalue weighted by atomic mass is 16.5. The topological polar surface area (TPSA) is 52.6 Å². The minimum atomic E-state index is -0.156. The number of hydrogen-bond acceptors (Lipinski definition) is 4. The maximum Gasteiger partial charge on any atom is 0.302 e. The summed E-state index contributed by atoms with van der Waals surface area (Å²) in [7, 11) is 1.64. The van der Waals surface area contributed by atoms with E-state index < -0.39 is 0 Å². The lowest BCUT2D eigenvalue weighted by molar-refractivity contribution is -0.154. The van der Waals surface area contributed by atoms with Crippen molar-refractivity contribution >= 4 is 11.8 Å². The fourth-order valence-electron chi connectivity index (χ4n) is 6.39. The van der Waals surface area contributed by atoms with Crippen molar-refractivity contribution in [3.63, 3.8) is 0 Å². The standard InChI is InChI=1S/C23H30O4/c1-13(24)18-12-19-15(11-21(18)26-4)5-6-17-16(19)9-10-23(3)20(17)7-8-22(23)27-14(2)25/h11-12,16-17,20,22H,5-10H2,1-4H3/t16-,17+,20-,22+,23-/m1/s1. The fourth-order valence-corrected chi connectivity index (χ4v) is 6.39. The summed E-state index contributed by atoms with van der Waals surface area (Å²) in [6.07, 6.45) is 6.58. The monoisotopic (exact) mass is 370 g/mol. The number of hydrogen-bond donors (Lipinski definition) is 0. The number of ether oxygens (including phenoxy) is 2. The number of aryl methyl sites for hydroxylation is 1. The van der Waals surface area contributed by atoms with Gasteiger partial charge in [-0.3, -0.25) is 9.59 Å². The van der Waals surface area contributed by atoms with Gasteiger partial charge in [0.15, 0.2) is 5.78 Å². The number of rotatable bonds is 3. The Labute approximate surface area is 161 Å². The summed E-state index contributed by atoms with van der Waals surface area (Å²) in [5.74, 6) is 2.33. The Morgan fingerprint density at radius 1 is 1.11 bits per heavy atom. The molecule has 1 aromatic rings. The molecule has 3 aliphatic rings. The number of carbonyl (C=O) groups excluding carboxylic acids is 2. The van der Waals surface area contributed by atoms with Crippen molar-refractivity contribution in [2.75, 3.05) is 7.11 Å². The Morgan fingerprint density at radius 2 is 1.89 bits per heavy atom. The second-order valence-electron chi connectivity index (χ2n) is 8.94. The summed E-state index contributed by atoms with van der Waals surface area (Å²) in [6, 6.07) is 4.20. The second-order valence-corrected chi connectivity index (χ2v) is 8.94. The SMILES string of the molecule is COc1cc2c(cc1C(C)=O)[C@@H]1CC[C@@]3(C)[C@@H](OC(C)=O)CC[C@@H]3[C@H]1CC2. The molecule has 0 aromatic heterocycles. The van der Waals surface area contributed by atoms with Crippen LogP contribution in [0.3, 0.4) is 0 Å². The second kappa shape index (κ2) is 6.65. The zero-order chi connectivity index (χ0) is 19.3. The van der Waals surface area contributed by atoms with E-state index in [1.54, 1.807) is 14.0 Å². The highest BCUT2D eigenvalue weighted by Crippen LogP contribution is 2.61. The van der Waals surface area contributed by atoms with E-state index in [1.807, 2.05) is 0 Å². The van der Waals surface area contributed by atoms with E-state index in [-0.39, 0.29) is 23.3 Å². The third-order valence-corrected chi connectivity index (χ3v) is 7.65. The van der Waals surface area contributed by atoms with Crippen molar-refractivity contribution in [2.45, 2.75) is 71.3 Å². The van der Waals surface area contributed by atoms with E-state index in [9.17, 15) is 9.59 Å². The smallest absolute Gasteiger partial charge is 0.302 e. The molecule has 0 unspecified atom stereocenters. The van der Waals surface area contributed by atoms with Gasteiger partial charge < -0.3 is 9.47 Å². The molecule has 0 saturated heterocycles. The van der Waals surface area contributed by atoms with Crippen LogP contribution < -0.4 is 4.74 Å². The zero-order valence-electron chi connectivity index (χ0n) is 16.8. The molecule has 4 heteroatoms. The molecule has 5 atom stereocenters. The molecular formula is C23H30O4. The predicted molar refractivity (Wildman–Crippen MR) is 103 cm³/mol. The van der Waals surface area contributed by atoms with Crippen LogP contribution in [0.15, 0.2) is 12.1 Å². The van der Waals surface area contributed by atoms with Gasteiger partial charge in [0, 0.05) is 12.3 Å². The average Bonchev–Trinajstić information content (AvgIpc) is 2.96. The van der Waals surface area contributed by atoms with Crippen molar-refractivity contribution < 1.29 is 19.1 Å². The highest BCUT2D eigenvalue weighted by molar-refractivity contribution is 5.97. The van der Waals surface area contributed by atoms with Crippen LogP contribution in [-0.4, -0.2) is 25.0 Å². The molecule has 2 saturated carbocycles. The minimum absolute atomic E-state index is 0.0611. The highest BCUT2D eigenvalue weighted by Gasteiger charge is 2.56. The van der Waals surface area contributed by atoms with Crippen molar-refractivity contribution in [2.24, 2.45) is 17.3 Å². The van der Waals surface area contributed by atoms with Gasteiger partial charge in [0.1, 0.15) is 11.9 Å². The summed E-state index contributed by atoms with van der Waals surface area (Å²) in [6.45, 7) is 5.47. The molecule has 3 aliphatic carbocycles. The molecule has 146 valence electrons. The first kappa shape index (κ1) is 18.5. The maximum absolute atomic E-state index is 12.1. The van der Waals surface area contributed by atoms with Gasteiger partial charge in [-0.1, -0.05) is 6.92 Å². The number of Topliss-reactive ketones (excluding diaryl/α,β-unsaturated/α-hetero) is 1. The maximum atomic E-state index is 12.1. The van der Waals surface area contributed by atoms with E-state index >= 15 is 0 Å². The van der Waals surface area contributed by atoms with Gasteiger partial charge in [0.2, 0.25) is 0 Å². The van der Waals surface area contributed by atoms with Gasteiger partial charge in [-0.2, -0.15) is 0 Å². The van der Waals surface area contributed by atoms with E-state index in [0.717, 1.165) is 32.1 Å². The predicted octanol–water partition coefficient (Wildman–Crippen LogP) is 4.69. The molecule has 0 radical (unpaired) electrons. The van der Waals surface area contributed by atoms with Crippen LogP contribution in [-0.2, 0) is 16.0 Å². The van der Waals surface area contributed by atoms with E-state index in [2.05, 4.69) is 19.1 Å². The van der Waals surface area contributed by atoms with Gasteiger partial charge >= 0.3 is 5.97 Å². The number of methoxy groups -OCH3 is 1. The molecule has 0 aliphatic heterocycles. The number of carbonyl (C=O) groups is 2. The largest absolute Gasteiger partial charge is 0.496 e. The van der Waals surface area contributed by atoms with Crippen LogP contribution in [0, 0.1) is 17.3 Å². The average molecular weight is 370 g/mol. The molecule has 2 fully saturated rings.